The second-order valence-corrected chi connectivity index (χ2v) is 7.64. The van der Waals surface area contributed by atoms with Gasteiger partial charge in [0, 0.05) is 3.57 Å². The number of rotatable bonds is 5. The molecule has 0 N–H and O–H groups in total. The number of thioether (sulfide) groups is 1. The first kappa shape index (κ1) is 18.0. The molecule has 128 valence electrons. The summed E-state index contributed by atoms with van der Waals surface area (Å²) in [5, 5.41) is -0.235. The monoisotopic (exact) mass is 465 g/mol. The van der Waals surface area contributed by atoms with Gasteiger partial charge >= 0.3 is 0 Å². The van der Waals surface area contributed by atoms with E-state index >= 15 is 0 Å². The zero-order valence-electron chi connectivity index (χ0n) is 13.6. The van der Waals surface area contributed by atoms with Crippen molar-refractivity contribution in [1.82, 2.24) is 4.90 Å². The van der Waals surface area contributed by atoms with E-state index in [9.17, 15) is 9.59 Å². The topological polar surface area (TPSA) is 46.6 Å². The second-order valence-electron chi connectivity index (χ2n) is 5.40. The molecule has 3 rings (SSSR count). The Labute approximate surface area is 164 Å². The molecule has 25 heavy (non-hydrogen) atoms. The van der Waals surface area contributed by atoms with Crippen LogP contribution in [0.2, 0.25) is 0 Å². The molecule has 0 spiro atoms. The van der Waals surface area contributed by atoms with E-state index in [0.29, 0.717) is 18.1 Å². The van der Waals surface area contributed by atoms with Crippen LogP contribution in [0.4, 0.5) is 4.79 Å². The number of nitrogens with zero attached hydrogens (tertiary/aromatic N) is 1. The van der Waals surface area contributed by atoms with E-state index in [1.807, 2.05) is 55.5 Å². The lowest BCUT2D eigenvalue weighted by Crippen LogP contribution is -2.27. The number of carbonyl (C=O) groups is 2. The Morgan fingerprint density at radius 1 is 1.08 bits per heavy atom. The molecule has 6 heteroatoms. The van der Waals surface area contributed by atoms with Crippen molar-refractivity contribution in [2.75, 3.05) is 6.61 Å². The third-order valence-corrected chi connectivity index (χ3v) is 5.24. The third kappa shape index (κ3) is 4.43. The molecule has 1 heterocycles. The smallest absolute Gasteiger partial charge is 0.293 e. The summed E-state index contributed by atoms with van der Waals surface area (Å²) in [6.07, 6.45) is 1.74. The second kappa shape index (κ2) is 8.05. The van der Waals surface area contributed by atoms with Crippen LogP contribution in [0.3, 0.4) is 0 Å². The number of hydrogen-bond donors (Lipinski definition) is 0. The lowest BCUT2D eigenvalue weighted by atomic mass is 10.2. The summed E-state index contributed by atoms with van der Waals surface area (Å²) >= 11 is 3.20. The van der Waals surface area contributed by atoms with Crippen LogP contribution in [-0.2, 0) is 11.3 Å². The summed E-state index contributed by atoms with van der Waals surface area (Å²) in [6.45, 7) is 2.83. The van der Waals surface area contributed by atoms with Gasteiger partial charge in [0.15, 0.2) is 0 Å². The Morgan fingerprint density at radius 2 is 1.76 bits per heavy atom. The average molecular weight is 465 g/mol. The molecule has 1 aliphatic heterocycles. The molecule has 2 aromatic carbocycles. The molecule has 1 saturated heterocycles. The Kier molecular flexibility index (Phi) is 5.80. The van der Waals surface area contributed by atoms with Crippen molar-refractivity contribution < 1.29 is 14.3 Å². The fourth-order valence-electron chi connectivity index (χ4n) is 2.39. The molecular formula is C19H16INO3S. The van der Waals surface area contributed by atoms with Crippen LogP contribution >= 0.6 is 34.4 Å². The first-order valence-electron chi connectivity index (χ1n) is 7.79. The molecule has 0 atom stereocenters. The highest BCUT2D eigenvalue weighted by atomic mass is 127. The minimum Gasteiger partial charge on any atom is -0.494 e. The summed E-state index contributed by atoms with van der Waals surface area (Å²) < 4.78 is 6.52. The zero-order chi connectivity index (χ0) is 17.8. The molecule has 0 aromatic heterocycles. The van der Waals surface area contributed by atoms with Gasteiger partial charge in [0.2, 0.25) is 0 Å². The fraction of sp³-hybridized carbons (Fsp3) is 0.158. The predicted octanol–water partition coefficient (Wildman–Crippen LogP) is 4.93. The number of hydrogen-bond acceptors (Lipinski definition) is 4. The van der Waals surface area contributed by atoms with Crippen LogP contribution in [0.5, 0.6) is 5.75 Å². The Morgan fingerprint density at radius 3 is 2.40 bits per heavy atom. The van der Waals surface area contributed by atoms with E-state index in [4.69, 9.17) is 4.74 Å². The minimum absolute atomic E-state index is 0.235. The molecule has 1 fully saturated rings. The molecule has 1 aliphatic rings. The lowest BCUT2D eigenvalue weighted by Gasteiger charge is -2.12. The summed E-state index contributed by atoms with van der Waals surface area (Å²) in [7, 11) is 0. The van der Waals surface area contributed by atoms with Crippen LogP contribution in [-0.4, -0.2) is 22.7 Å². The van der Waals surface area contributed by atoms with E-state index in [2.05, 4.69) is 22.6 Å². The maximum absolute atomic E-state index is 12.6. The first-order chi connectivity index (χ1) is 12.1. The maximum atomic E-state index is 12.6. The fourth-order valence-corrected chi connectivity index (χ4v) is 3.58. The summed E-state index contributed by atoms with van der Waals surface area (Å²) in [6, 6.07) is 15.2. The van der Waals surface area contributed by atoms with Crippen molar-refractivity contribution in [2.24, 2.45) is 0 Å². The number of halogens is 1. The quantitative estimate of drug-likeness (QED) is 0.465. The first-order valence-corrected chi connectivity index (χ1v) is 9.69. The van der Waals surface area contributed by atoms with Crippen LogP contribution in [0.1, 0.15) is 18.1 Å². The Balaban J connectivity index is 1.74. The third-order valence-electron chi connectivity index (χ3n) is 3.62. The number of ether oxygens (including phenoxy) is 1. The lowest BCUT2D eigenvalue weighted by molar-refractivity contribution is -0.123. The zero-order valence-corrected chi connectivity index (χ0v) is 16.5. The van der Waals surface area contributed by atoms with Gasteiger partial charge in [-0.05, 0) is 82.7 Å². The van der Waals surface area contributed by atoms with E-state index < -0.39 is 0 Å². The van der Waals surface area contributed by atoms with Gasteiger partial charge in [-0.25, -0.2) is 0 Å². The average Bonchev–Trinajstić information content (AvgIpc) is 2.86. The molecule has 0 unspecified atom stereocenters. The highest BCUT2D eigenvalue weighted by molar-refractivity contribution is 14.1. The van der Waals surface area contributed by atoms with Crippen molar-refractivity contribution in [3.63, 3.8) is 0 Å². The van der Waals surface area contributed by atoms with E-state index in [-0.39, 0.29) is 11.1 Å². The SMILES string of the molecule is CCOc1ccc(/C=C2\SC(=O)N(Cc3ccc(I)cc3)C2=O)cc1. The number of carbonyl (C=O) groups excluding carboxylic acids is 2. The normalized spacial score (nSPS) is 15.9. The Hall–Kier alpha value is -1.80. The van der Waals surface area contributed by atoms with Crippen molar-refractivity contribution in [3.05, 3.63) is 68.1 Å². The minimum atomic E-state index is -0.248. The summed E-state index contributed by atoms with van der Waals surface area (Å²) in [4.78, 5) is 26.5. The summed E-state index contributed by atoms with van der Waals surface area (Å²) in [5.41, 5.74) is 1.80. The van der Waals surface area contributed by atoms with Crippen molar-refractivity contribution in [2.45, 2.75) is 13.5 Å². The van der Waals surface area contributed by atoms with Gasteiger partial charge in [-0.1, -0.05) is 24.3 Å². The van der Waals surface area contributed by atoms with E-state index in [0.717, 1.165) is 32.2 Å². The van der Waals surface area contributed by atoms with Gasteiger partial charge in [-0.3, -0.25) is 14.5 Å². The molecule has 0 bridgehead atoms. The van der Waals surface area contributed by atoms with Crippen LogP contribution in [0.25, 0.3) is 6.08 Å². The van der Waals surface area contributed by atoms with Crippen LogP contribution < -0.4 is 4.74 Å². The van der Waals surface area contributed by atoms with Gasteiger partial charge in [0.05, 0.1) is 18.1 Å². The molecule has 2 amide bonds. The number of imide groups is 1. The van der Waals surface area contributed by atoms with Crippen LogP contribution in [0, 0.1) is 3.57 Å². The largest absolute Gasteiger partial charge is 0.494 e. The summed E-state index contributed by atoms with van der Waals surface area (Å²) in [5.74, 6) is 0.536. The molecule has 2 aromatic rings. The van der Waals surface area contributed by atoms with Gasteiger partial charge < -0.3 is 4.74 Å². The number of benzene rings is 2. The molecule has 0 saturated carbocycles. The van der Waals surface area contributed by atoms with Gasteiger partial charge in [0.1, 0.15) is 5.75 Å². The van der Waals surface area contributed by atoms with Crippen LogP contribution in [0.15, 0.2) is 53.4 Å². The van der Waals surface area contributed by atoms with Gasteiger partial charge in [-0.15, -0.1) is 0 Å². The van der Waals surface area contributed by atoms with E-state index in [1.54, 1.807) is 6.08 Å². The maximum Gasteiger partial charge on any atom is 0.293 e. The molecular weight excluding hydrogens is 449 g/mol. The predicted molar refractivity (Wildman–Crippen MR) is 108 cm³/mol. The molecule has 4 nitrogen and oxygen atoms in total. The Bertz CT molecular complexity index is 816. The molecule has 0 aliphatic carbocycles. The highest BCUT2D eigenvalue weighted by Crippen LogP contribution is 2.33. The number of amides is 2. The van der Waals surface area contributed by atoms with Crippen molar-refractivity contribution in [3.8, 4) is 5.75 Å². The van der Waals surface area contributed by atoms with Crippen molar-refractivity contribution >= 4 is 51.6 Å². The highest BCUT2D eigenvalue weighted by Gasteiger charge is 2.34. The van der Waals surface area contributed by atoms with Gasteiger partial charge in [0.25, 0.3) is 11.1 Å². The van der Waals surface area contributed by atoms with Crippen molar-refractivity contribution in [1.29, 1.82) is 0 Å². The van der Waals surface area contributed by atoms with Gasteiger partial charge in [-0.2, -0.15) is 0 Å². The van der Waals surface area contributed by atoms with E-state index in [1.165, 1.54) is 4.90 Å². The molecule has 0 radical (unpaired) electrons. The standard InChI is InChI=1S/C19H16INO3S/c1-2-24-16-9-5-13(6-10-16)11-17-18(22)21(19(23)25-17)12-14-3-7-15(20)8-4-14/h3-11H,2,12H2,1H3/b17-11-.